The van der Waals surface area contributed by atoms with Crippen molar-refractivity contribution >= 4 is 21.9 Å². The zero-order valence-corrected chi connectivity index (χ0v) is 14.4. The van der Waals surface area contributed by atoms with Crippen LogP contribution in [0.1, 0.15) is 35.0 Å². The number of hydrogen-bond acceptors (Lipinski definition) is 3. The van der Waals surface area contributed by atoms with E-state index in [1.807, 2.05) is 26.0 Å². The second-order valence-electron chi connectivity index (χ2n) is 6.40. The normalized spacial score (nSPS) is 13.8. The first-order valence-electron chi connectivity index (χ1n) is 8.37. The molecule has 0 amide bonds. The summed E-state index contributed by atoms with van der Waals surface area (Å²) in [5.41, 5.74) is 4.12. The van der Waals surface area contributed by atoms with Crippen LogP contribution in [0.3, 0.4) is 0 Å². The number of fused-ring (bicyclic) bond motifs is 2. The maximum Gasteiger partial charge on any atom is 0.292 e. The van der Waals surface area contributed by atoms with E-state index in [4.69, 9.17) is 5.26 Å². The van der Waals surface area contributed by atoms with E-state index in [0.717, 1.165) is 16.6 Å². The van der Waals surface area contributed by atoms with E-state index in [9.17, 15) is 5.11 Å². The van der Waals surface area contributed by atoms with E-state index in [-0.39, 0.29) is 11.4 Å². The largest absolute Gasteiger partial charge is 0.361 e. The van der Waals surface area contributed by atoms with Crippen LogP contribution >= 0.6 is 0 Å². The number of alkyl halides is 1. The van der Waals surface area contributed by atoms with Gasteiger partial charge in [-0.25, -0.2) is 4.98 Å². The van der Waals surface area contributed by atoms with E-state index in [1.54, 1.807) is 30.5 Å². The van der Waals surface area contributed by atoms with Gasteiger partial charge in [0.2, 0.25) is 0 Å². The predicted molar refractivity (Wildman–Crippen MR) is 97.3 cm³/mol. The van der Waals surface area contributed by atoms with Crippen LogP contribution in [-0.4, -0.2) is 20.1 Å². The zero-order valence-electron chi connectivity index (χ0n) is 14.4. The molecular formula is C20H17FN4O. The van der Waals surface area contributed by atoms with Gasteiger partial charge in [-0.1, -0.05) is 13.0 Å². The Balaban J connectivity index is 1.97. The molecule has 4 aromatic rings. The third-order valence-corrected chi connectivity index (χ3v) is 4.76. The molecule has 2 aromatic heterocycles. The smallest absolute Gasteiger partial charge is 0.292 e. The molecule has 0 aliphatic heterocycles. The first-order valence-corrected chi connectivity index (χ1v) is 8.37. The molecule has 26 heavy (non-hydrogen) atoms. The number of nitriles is 1. The van der Waals surface area contributed by atoms with Crippen LogP contribution < -0.4 is 0 Å². The van der Waals surface area contributed by atoms with E-state index in [2.05, 4.69) is 15.0 Å². The molecule has 0 spiro atoms. The van der Waals surface area contributed by atoms with Crippen molar-refractivity contribution in [1.29, 1.82) is 5.26 Å². The third-order valence-electron chi connectivity index (χ3n) is 4.76. The Morgan fingerprint density at radius 3 is 2.85 bits per heavy atom. The van der Waals surface area contributed by atoms with Crippen molar-refractivity contribution in [2.24, 2.45) is 0 Å². The molecule has 3 N–H and O–H groups in total. The molecule has 0 radical (unpaired) electrons. The molecule has 0 saturated carbocycles. The summed E-state index contributed by atoms with van der Waals surface area (Å²) in [6.45, 7) is 3.87. The fourth-order valence-electron chi connectivity index (χ4n) is 3.50. The summed E-state index contributed by atoms with van der Waals surface area (Å²) < 4.78 is 15.7. The number of rotatable bonds is 3. The van der Waals surface area contributed by atoms with Gasteiger partial charge in [0.25, 0.3) is 5.85 Å². The van der Waals surface area contributed by atoms with E-state index >= 15 is 4.39 Å². The fourth-order valence-corrected chi connectivity index (χ4v) is 3.50. The fraction of sp³-hybridized carbons (Fsp3) is 0.200. The summed E-state index contributed by atoms with van der Waals surface area (Å²) in [5.74, 6) is -2.98. The molecular weight excluding hydrogens is 331 g/mol. The first kappa shape index (κ1) is 16.3. The molecule has 0 aliphatic rings. The number of aliphatic hydroxyl groups is 1. The van der Waals surface area contributed by atoms with Gasteiger partial charge in [-0.3, -0.25) is 0 Å². The van der Waals surface area contributed by atoms with Crippen molar-refractivity contribution in [3.8, 4) is 6.07 Å². The molecule has 6 heteroatoms. The number of hydrogen-bond donors (Lipinski definition) is 3. The Hall–Kier alpha value is -3.17. The molecule has 5 nitrogen and oxygen atoms in total. The summed E-state index contributed by atoms with van der Waals surface area (Å²) in [6, 6.07) is 10.5. The van der Waals surface area contributed by atoms with E-state index in [1.165, 1.54) is 0 Å². The number of nitrogens with zero attached hydrogens (tertiary/aromatic N) is 2. The summed E-state index contributed by atoms with van der Waals surface area (Å²) in [5, 5.41) is 20.5. The van der Waals surface area contributed by atoms with Gasteiger partial charge in [-0.2, -0.15) is 9.65 Å². The van der Waals surface area contributed by atoms with E-state index < -0.39 is 5.85 Å². The zero-order chi connectivity index (χ0) is 18.5. The monoisotopic (exact) mass is 348 g/mol. The summed E-state index contributed by atoms with van der Waals surface area (Å²) in [7, 11) is 0. The average molecular weight is 348 g/mol. The Labute approximate surface area is 149 Å². The molecule has 0 aliphatic carbocycles. The van der Waals surface area contributed by atoms with Gasteiger partial charge in [0.15, 0.2) is 5.82 Å². The van der Waals surface area contributed by atoms with Gasteiger partial charge in [-0.15, -0.1) is 0 Å². The highest BCUT2D eigenvalue weighted by atomic mass is 19.2. The molecule has 1 unspecified atom stereocenters. The summed E-state index contributed by atoms with van der Waals surface area (Å²) in [6.07, 6.45) is 2.30. The minimum atomic E-state index is -2.79. The second-order valence-corrected chi connectivity index (χ2v) is 6.40. The lowest BCUT2D eigenvalue weighted by atomic mass is 9.92. The molecule has 2 heterocycles. The molecule has 130 valence electrons. The van der Waals surface area contributed by atoms with Crippen molar-refractivity contribution < 1.29 is 9.50 Å². The number of aromatic amines is 2. The number of halogens is 1. The van der Waals surface area contributed by atoms with Gasteiger partial charge in [0.1, 0.15) is 0 Å². The topological polar surface area (TPSA) is 88.5 Å². The first-order chi connectivity index (χ1) is 12.5. The standard InChI is InChI=1S/C20H17FN4O/c1-3-13-8-11(2)18-14(6-7-23-18)17(13)20(21,26)19-24-15-5-4-12(10-22)9-16(15)25-19/h4-9,23,26H,3H2,1-2H3,(H,24,25). The van der Waals surface area contributed by atoms with Crippen molar-refractivity contribution in [2.45, 2.75) is 26.1 Å². The molecule has 0 bridgehead atoms. The maximum atomic E-state index is 15.7. The van der Waals surface area contributed by atoms with Crippen LogP contribution in [0.25, 0.3) is 21.9 Å². The van der Waals surface area contributed by atoms with Crippen molar-refractivity contribution in [3.63, 3.8) is 0 Å². The Bertz CT molecular complexity index is 1180. The van der Waals surface area contributed by atoms with Crippen LogP contribution in [0.5, 0.6) is 0 Å². The minimum absolute atomic E-state index is 0.191. The number of H-pyrrole nitrogens is 2. The number of aromatic nitrogens is 3. The summed E-state index contributed by atoms with van der Waals surface area (Å²) >= 11 is 0. The number of benzene rings is 2. The van der Waals surface area contributed by atoms with Crippen LogP contribution in [0.15, 0.2) is 36.5 Å². The molecule has 0 fully saturated rings. The maximum absolute atomic E-state index is 15.7. The molecule has 1 atom stereocenters. The minimum Gasteiger partial charge on any atom is -0.361 e. The number of imidazole rings is 1. The van der Waals surface area contributed by atoms with Crippen molar-refractivity contribution in [1.82, 2.24) is 15.0 Å². The Kier molecular flexibility index (Phi) is 3.56. The second kappa shape index (κ2) is 5.68. The van der Waals surface area contributed by atoms with Crippen LogP contribution in [0, 0.1) is 18.3 Å². The van der Waals surface area contributed by atoms with Crippen LogP contribution in [-0.2, 0) is 12.3 Å². The van der Waals surface area contributed by atoms with Gasteiger partial charge >= 0.3 is 0 Å². The molecule has 4 rings (SSSR count). The van der Waals surface area contributed by atoms with Gasteiger partial charge in [0.05, 0.1) is 22.7 Å². The van der Waals surface area contributed by atoms with Gasteiger partial charge in [-0.05, 0) is 48.7 Å². The van der Waals surface area contributed by atoms with E-state index in [0.29, 0.717) is 28.4 Å². The van der Waals surface area contributed by atoms with Gasteiger partial charge < -0.3 is 15.1 Å². The highest BCUT2D eigenvalue weighted by Gasteiger charge is 2.38. The number of nitrogens with one attached hydrogen (secondary N) is 2. The predicted octanol–water partition coefficient (Wildman–Crippen LogP) is 3.95. The van der Waals surface area contributed by atoms with Crippen molar-refractivity contribution in [3.05, 3.63) is 64.6 Å². The van der Waals surface area contributed by atoms with Crippen LogP contribution in [0.4, 0.5) is 4.39 Å². The average Bonchev–Trinajstić information content (AvgIpc) is 3.27. The van der Waals surface area contributed by atoms with Crippen LogP contribution in [0.2, 0.25) is 0 Å². The summed E-state index contributed by atoms with van der Waals surface area (Å²) in [4.78, 5) is 10.2. The molecule has 2 aromatic carbocycles. The lowest BCUT2D eigenvalue weighted by Crippen LogP contribution is -2.25. The Morgan fingerprint density at radius 1 is 1.31 bits per heavy atom. The highest BCUT2D eigenvalue weighted by molar-refractivity contribution is 5.88. The van der Waals surface area contributed by atoms with Gasteiger partial charge in [0, 0.05) is 22.7 Å². The highest BCUT2D eigenvalue weighted by Crippen LogP contribution is 2.39. The SMILES string of the molecule is CCc1cc(C)c2[nH]ccc2c1C(O)(F)c1nc2cc(C#N)ccc2[nH]1. The quantitative estimate of drug-likeness (QED) is 0.524. The lowest BCUT2D eigenvalue weighted by Gasteiger charge is -2.22. The third kappa shape index (κ3) is 2.29. The number of aryl methyl sites for hydroxylation is 2. The molecule has 0 saturated heterocycles. The van der Waals surface area contributed by atoms with Crippen molar-refractivity contribution in [2.75, 3.05) is 0 Å². The Morgan fingerprint density at radius 2 is 2.12 bits per heavy atom. The lowest BCUT2D eigenvalue weighted by molar-refractivity contribution is -0.0608.